The Morgan fingerprint density at radius 3 is 2.68 bits per heavy atom. The first kappa shape index (κ1) is 17.7. The molecule has 0 bridgehead atoms. The average molecular weight is 440 g/mol. The standard InChI is InChI=1S/C16H12BrClN4O2S/c1-8-13(25-16(20-8)9-3-2-4-11(18)5-9)15(24)22-21-14(23)12-6-10(17)7-19-12/h2-7,19H,1H3,(H,21,23)(H,22,24). The molecule has 0 spiro atoms. The van der Waals surface area contributed by atoms with Gasteiger partial charge in [0.15, 0.2) is 0 Å². The lowest BCUT2D eigenvalue weighted by Crippen LogP contribution is -2.41. The molecule has 128 valence electrons. The largest absolute Gasteiger partial charge is 0.356 e. The van der Waals surface area contributed by atoms with Gasteiger partial charge in [-0.3, -0.25) is 20.4 Å². The number of aromatic amines is 1. The molecule has 3 N–H and O–H groups in total. The molecule has 0 aliphatic heterocycles. The van der Waals surface area contributed by atoms with Crippen molar-refractivity contribution in [3.63, 3.8) is 0 Å². The molecule has 0 radical (unpaired) electrons. The molecule has 0 atom stereocenters. The fraction of sp³-hybridized carbons (Fsp3) is 0.0625. The molecule has 2 amide bonds. The Morgan fingerprint density at radius 2 is 2.00 bits per heavy atom. The lowest BCUT2D eigenvalue weighted by atomic mass is 10.2. The van der Waals surface area contributed by atoms with E-state index in [1.54, 1.807) is 31.3 Å². The fourth-order valence-electron chi connectivity index (χ4n) is 2.09. The minimum Gasteiger partial charge on any atom is -0.356 e. The topological polar surface area (TPSA) is 86.9 Å². The molecule has 9 heteroatoms. The van der Waals surface area contributed by atoms with Crippen LogP contribution in [0.3, 0.4) is 0 Å². The molecule has 25 heavy (non-hydrogen) atoms. The van der Waals surface area contributed by atoms with Crippen molar-refractivity contribution in [1.82, 2.24) is 20.8 Å². The lowest BCUT2D eigenvalue weighted by molar-refractivity contribution is 0.0846. The van der Waals surface area contributed by atoms with Crippen molar-refractivity contribution in [2.45, 2.75) is 6.92 Å². The van der Waals surface area contributed by atoms with Crippen LogP contribution in [0.5, 0.6) is 0 Å². The van der Waals surface area contributed by atoms with Crippen LogP contribution in [0.4, 0.5) is 0 Å². The van der Waals surface area contributed by atoms with Crippen molar-refractivity contribution in [1.29, 1.82) is 0 Å². The van der Waals surface area contributed by atoms with Crippen LogP contribution in [-0.4, -0.2) is 21.8 Å². The number of rotatable bonds is 3. The molecule has 2 aromatic heterocycles. The van der Waals surface area contributed by atoms with E-state index in [1.807, 2.05) is 12.1 Å². The number of halogens is 2. The van der Waals surface area contributed by atoms with E-state index < -0.39 is 11.8 Å². The zero-order valence-electron chi connectivity index (χ0n) is 12.9. The normalized spacial score (nSPS) is 10.5. The van der Waals surface area contributed by atoms with E-state index in [2.05, 4.69) is 36.7 Å². The molecule has 0 aliphatic rings. The molecular weight excluding hydrogens is 428 g/mol. The number of aryl methyl sites for hydroxylation is 1. The van der Waals surface area contributed by atoms with Gasteiger partial charge in [-0.05, 0) is 41.1 Å². The zero-order chi connectivity index (χ0) is 18.0. The molecule has 3 rings (SSSR count). The van der Waals surface area contributed by atoms with E-state index in [9.17, 15) is 9.59 Å². The maximum Gasteiger partial charge on any atom is 0.286 e. The highest BCUT2D eigenvalue weighted by atomic mass is 79.9. The number of thiazole rings is 1. The van der Waals surface area contributed by atoms with E-state index in [4.69, 9.17) is 11.6 Å². The number of carbonyl (C=O) groups is 2. The van der Waals surface area contributed by atoms with Gasteiger partial charge < -0.3 is 4.98 Å². The van der Waals surface area contributed by atoms with Gasteiger partial charge in [-0.25, -0.2) is 4.98 Å². The van der Waals surface area contributed by atoms with Gasteiger partial charge in [0.25, 0.3) is 11.8 Å². The number of nitrogens with zero attached hydrogens (tertiary/aromatic N) is 1. The van der Waals surface area contributed by atoms with Crippen LogP contribution >= 0.6 is 38.9 Å². The summed E-state index contributed by atoms with van der Waals surface area (Å²) in [6.45, 7) is 1.74. The van der Waals surface area contributed by atoms with Crippen LogP contribution in [0.1, 0.15) is 25.9 Å². The van der Waals surface area contributed by atoms with Gasteiger partial charge in [0.1, 0.15) is 15.6 Å². The Kier molecular flexibility index (Phi) is 5.22. The highest BCUT2D eigenvalue weighted by Crippen LogP contribution is 2.29. The summed E-state index contributed by atoms with van der Waals surface area (Å²) in [5.74, 6) is -0.876. The van der Waals surface area contributed by atoms with Crippen molar-refractivity contribution < 1.29 is 9.59 Å². The third-order valence-electron chi connectivity index (χ3n) is 3.26. The molecule has 0 saturated carbocycles. The molecule has 0 unspecified atom stereocenters. The van der Waals surface area contributed by atoms with Gasteiger partial charge >= 0.3 is 0 Å². The molecule has 3 aromatic rings. The Morgan fingerprint density at radius 1 is 1.24 bits per heavy atom. The highest BCUT2D eigenvalue weighted by molar-refractivity contribution is 9.10. The minimum absolute atomic E-state index is 0.327. The maximum atomic E-state index is 12.3. The number of aromatic nitrogens is 2. The summed E-state index contributed by atoms with van der Waals surface area (Å²) in [5, 5.41) is 1.28. The van der Waals surface area contributed by atoms with Gasteiger partial charge in [-0.2, -0.15) is 0 Å². The van der Waals surface area contributed by atoms with E-state index in [0.717, 1.165) is 10.0 Å². The number of hydrogen-bond acceptors (Lipinski definition) is 4. The van der Waals surface area contributed by atoms with Crippen molar-refractivity contribution in [3.8, 4) is 10.6 Å². The van der Waals surface area contributed by atoms with Crippen molar-refractivity contribution in [3.05, 3.63) is 62.3 Å². The van der Waals surface area contributed by atoms with E-state index in [1.165, 1.54) is 11.3 Å². The van der Waals surface area contributed by atoms with Gasteiger partial charge in [0, 0.05) is 21.3 Å². The second kappa shape index (κ2) is 7.38. The minimum atomic E-state index is -0.448. The van der Waals surface area contributed by atoms with Crippen LogP contribution in [0.15, 0.2) is 41.0 Å². The predicted molar refractivity (Wildman–Crippen MR) is 101 cm³/mol. The Bertz CT molecular complexity index is 953. The molecule has 0 fully saturated rings. The molecule has 0 aliphatic carbocycles. The number of H-pyrrole nitrogens is 1. The number of benzene rings is 1. The predicted octanol–water partition coefficient (Wildman–Crippen LogP) is 3.94. The number of hydrogen-bond donors (Lipinski definition) is 3. The van der Waals surface area contributed by atoms with Crippen LogP contribution in [0.25, 0.3) is 10.6 Å². The van der Waals surface area contributed by atoms with E-state index in [-0.39, 0.29) is 0 Å². The SMILES string of the molecule is Cc1nc(-c2cccc(Cl)c2)sc1C(=O)NNC(=O)c1cc(Br)c[nH]1. The van der Waals surface area contributed by atoms with Crippen LogP contribution in [0.2, 0.25) is 5.02 Å². The number of carbonyl (C=O) groups excluding carboxylic acids is 2. The van der Waals surface area contributed by atoms with Gasteiger partial charge in [0.2, 0.25) is 0 Å². The van der Waals surface area contributed by atoms with Gasteiger partial charge in [-0.15, -0.1) is 11.3 Å². The third kappa shape index (κ3) is 4.09. The first-order valence-electron chi connectivity index (χ1n) is 7.12. The molecule has 2 heterocycles. The summed E-state index contributed by atoms with van der Waals surface area (Å²) in [5.41, 5.74) is 6.50. The van der Waals surface area contributed by atoms with Crippen LogP contribution in [0, 0.1) is 6.92 Å². The monoisotopic (exact) mass is 438 g/mol. The first-order valence-corrected chi connectivity index (χ1v) is 9.11. The summed E-state index contributed by atoms with van der Waals surface area (Å²) < 4.78 is 0.744. The Hall–Kier alpha value is -2.16. The second-order valence-corrected chi connectivity index (χ2v) is 7.43. The molecule has 0 saturated heterocycles. The van der Waals surface area contributed by atoms with Crippen molar-refractivity contribution >= 4 is 50.7 Å². The number of amides is 2. The average Bonchev–Trinajstić information content (AvgIpc) is 3.18. The third-order valence-corrected chi connectivity index (χ3v) is 5.15. The maximum absolute atomic E-state index is 12.3. The lowest BCUT2D eigenvalue weighted by Gasteiger charge is -2.05. The summed E-state index contributed by atoms with van der Waals surface area (Å²) in [6.07, 6.45) is 1.63. The molecule has 6 nitrogen and oxygen atoms in total. The number of hydrazine groups is 1. The summed E-state index contributed by atoms with van der Waals surface area (Å²) in [4.78, 5) is 31.9. The number of nitrogens with one attached hydrogen (secondary N) is 3. The first-order chi connectivity index (χ1) is 11.9. The smallest absolute Gasteiger partial charge is 0.286 e. The van der Waals surface area contributed by atoms with Crippen LogP contribution < -0.4 is 10.9 Å². The summed E-state index contributed by atoms with van der Waals surface area (Å²) in [7, 11) is 0. The van der Waals surface area contributed by atoms with Gasteiger partial charge in [0.05, 0.1) is 5.69 Å². The molecular formula is C16H12BrClN4O2S. The van der Waals surface area contributed by atoms with E-state index >= 15 is 0 Å². The Labute approximate surface area is 160 Å². The van der Waals surface area contributed by atoms with Crippen LogP contribution in [-0.2, 0) is 0 Å². The Balaban J connectivity index is 1.71. The second-order valence-electron chi connectivity index (χ2n) is 5.08. The highest BCUT2D eigenvalue weighted by Gasteiger charge is 2.17. The summed E-state index contributed by atoms with van der Waals surface area (Å²) >= 11 is 10.5. The fourth-order valence-corrected chi connectivity index (χ4v) is 3.58. The van der Waals surface area contributed by atoms with Gasteiger partial charge in [-0.1, -0.05) is 23.7 Å². The van der Waals surface area contributed by atoms with Crippen molar-refractivity contribution in [2.24, 2.45) is 0 Å². The summed E-state index contributed by atoms with van der Waals surface area (Å²) in [6, 6.07) is 8.86. The quantitative estimate of drug-likeness (QED) is 0.540. The zero-order valence-corrected chi connectivity index (χ0v) is 16.1. The van der Waals surface area contributed by atoms with E-state index in [0.29, 0.717) is 26.3 Å². The van der Waals surface area contributed by atoms with Crippen molar-refractivity contribution in [2.75, 3.05) is 0 Å². The molecule has 1 aromatic carbocycles.